The molecule has 0 amide bonds. The number of nitrogens with zero attached hydrogens (tertiary/aromatic N) is 2. The first kappa shape index (κ1) is 17.1. The van der Waals surface area contributed by atoms with Crippen molar-refractivity contribution in [2.45, 2.75) is 25.2 Å². The maximum atomic E-state index is 5.86. The Kier molecular flexibility index (Phi) is 6.58. The zero-order valence-corrected chi connectivity index (χ0v) is 14.8. The minimum absolute atomic E-state index is 0. The van der Waals surface area contributed by atoms with Gasteiger partial charge >= 0.3 is 0 Å². The lowest BCUT2D eigenvalue weighted by molar-refractivity contribution is 0.413. The molecule has 1 aliphatic rings. The average Bonchev–Trinajstić information content (AvgIpc) is 2.43. The average molecular weight is 389 g/mol. The minimum atomic E-state index is 0. The van der Waals surface area contributed by atoms with Gasteiger partial charge in [0.05, 0.1) is 7.11 Å². The summed E-state index contributed by atoms with van der Waals surface area (Å²) < 4.78 is 5.29. The van der Waals surface area contributed by atoms with Gasteiger partial charge in [-0.15, -0.1) is 24.0 Å². The predicted octanol–water partition coefficient (Wildman–Crippen LogP) is 2.61. The molecule has 0 spiro atoms. The Balaban J connectivity index is 0.00000200. The fourth-order valence-electron chi connectivity index (χ4n) is 2.55. The van der Waals surface area contributed by atoms with Crippen LogP contribution >= 0.6 is 24.0 Å². The van der Waals surface area contributed by atoms with Crippen LogP contribution in [0.25, 0.3) is 0 Å². The number of aliphatic imine (C=N–C) groups is 1. The molecule has 0 bridgehead atoms. The molecule has 1 unspecified atom stereocenters. The van der Waals surface area contributed by atoms with E-state index in [1.54, 1.807) is 7.11 Å². The van der Waals surface area contributed by atoms with Gasteiger partial charge in [0.15, 0.2) is 5.96 Å². The monoisotopic (exact) mass is 389 g/mol. The number of benzene rings is 1. The van der Waals surface area contributed by atoms with Crippen molar-refractivity contribution in [3.8, 4) is 5.75 Å². The molecule has 20 heavy (non-hydrogen) atoms. The number of hydrogen-bond donors (Lipinski definition) is 1. The summed E-state index contributed by atoms with van der Waals surface area (Å²) in [4.78, 5) is 6.32. The topological polar surface area (TPSA) is 50.9 Å². The molecule has 2 rings (SSSR count). The first-order valence-corrected chi connectivity index (χ1v) is 6.76. The Morgan fingerprint density at radius 2 is 2.20 bits per heavy atom. The predicted molar refractivity (Wildman–Crippen MR) is 94.3 cm³/mol. The van der Waals surface area contributed by atoms with Crippen molar-refractivity contribution in [3.05, 3.63) is 29.3 Å². The van der Waals surface area contributed by atoms with Gasteiger partial charge in [-0.05, 0) is 42.5 Å². The smallest absolute Gasteiger partial charge is 0.190 e. The van der Waals surface area contributed by atoms with Crippen molar-refractivity contribution in [2.24, 2.45) is 10.7 Å². The molecule has 112 valence electrons. The van der Waals surface area contributed by atoms with Crippen LogP contribution in [-0.2, 0) is 6.42 Å². The molecule has 2 N–H and O–H groups in total. The lowest BCUT2D eigenvalue weighted by Gasteiger charge is -2.25. The maximum absolute atomic E-state index is 5.86. The molecule has 1 aromatic carbocycles. The van der Waals surface area contributed by atoms with Crippen molar-refractivity contribution in [1.29, 1.82) is 0 Å². The molecular formula is C15H24IN3O. The number of fused-ring (bicyclic) bond motifs is 1. The quantitative estimate of drug-likeness (QED) is 0.491. The zero-order chi connectivity index (χ0) is 13.8. The fraction of sp³-hybridized carbons (Fsp3) is 0.533. The second-order valence-electron chi connectivity index (χ2n) is 5.25. The third-order valence-corrected chi connectivity index (χ3v) is 3.72. The largest absolute Gasteiger partial charge is 0.497 e. The molecular weight excluding hydrogens is 365 g/mol. The highest BCUT2D eigenvalue weighted by atomic mass is 127. The molecule has 0 saturated heterocycles. The number of nitrogens with two attached hydrogens (primary N) is 1. The molecule has 0 radical (unpaired) electrons. The first-order chi connectivity index (χ1) is 9.11. The molecule has 0 saturated carbocycles. The number of aryl methyl sites for hydroxylation is 1. The van der Waals surface area contributed by atoms with E-state index in [0.29, 0.717) is 11.9 Å². The SMILES string of the molecule is COc1ccc2c(c1)CCCC2CN=C(N)N(C)C.I. The van der Waals surface area contributed by atoms with E-state index in [1.807, 2.05) is 25.1 Å². The summed E-state index contributed by atoms with van der Waals surface area (Å²) in [5, 5.41) is 0. The number of hydrogen-bond acceptors (Lipinski definition) is 2. The van der Waals surface area contributed by atoms with Crippen LogP contribution in [0.2, 0.25) is 0 Å². The summed E-state index contributed by atoms with van der Waals surface area (Å²) in [5.74, 6) is 2.02. The second kappa shape index (κ2) is 7.71. The van der Waals surface area contributed by atoms with Crippen molar-refractivity contribution < 1.29 is 4.74 Å². The summed E-state index contributed by atoms with van der Waals surface area (Å²) in [6.07, 6.45) is 3.53. The molecule has 0 heterocycles. The Labute approximate surface area is 138 Å². The lowest BCUT2D eigenvalue weighted by Crippen LogP contribution is -2.31. The van der Waals surface area contributed by atoms with Crippen LogP contribution in [0, 0.1) is 0 Å². The van der Waals surface area contributed by atoms with Crippen molar-refractivity contribution in [3.63, 3.8) is 0 Å². The molecule has 0 aromatic heterocycles. The Morgan fingerprint density at radius 3 is 2.85 bits per heavy atom. The molecule has 4 nitrogen and oxygen atoms in total. The molecule has 5 heteroatoms. The van der Waals surface area contributed by atoms with E-state index in [1.165, 1.54) is 24.0 Å². The van der Waals surface area contributed by atoms with Crippen molar-refractivity contribution in [2.75, 3.05) is 27.7 Å². The van der Waals surface area contributed by atoms with Gasteiger partial charge in [-0.2, -0.15) is 0 Å². The normalized spacial score (nSPS) is 17.9. The van der Waals surface area contributed by atoms with E-state index in [4.69, 9.17) is 10.5 Å². The maximum Gasteiger partial charge on any atom is 0.190 e. The fourth-order valence-corrected chi connectivity index (χ4v) is 2.55. The van der Waals surface area contributed by atoms with E-state index in [2.05, 4.69) is 17.1 Å². The standard InChI is InChI=1S/C15H23N3O.HI/c1-18(2)15(16)17-10-12-6-4-5-11-9-13(19-3)7-8-14(11)12;/h7-9,12H,4-6,10H2,1-3H3,(H2,16,17);1H. The van der Waals surface area contributed by atoms with Crippen molar-refractivity contribution in [1.82, 2.24) is 4.90 Å². The van der Waals surface area contributed by atoms with Crippen LogP contribution in [0.15, 0.2) is 23.2 Å². The number of methoxy groups -OCH3 is 1. The van der Waals surface area contributed by atoms with Gasteiger partial charge in [-0.25, -0.2) is 0 Å². The lowest BCUT2D eigenvalue weighted by atomic mass is 9.83. The van der Waals surface area contributed by atoms with Crippen LogP contribution in [0.1, 0.15) is 29.9 Å². The molecule has 0 fully saturated rings. The number of rotatable bonds is 3. The van der Waals surface area contributed by atoms with Crippen LogP contribution in [0.3, 0.4) is 0 Å². The van der Waals surface area contributed by atoms with Gasteiger partial charge in [-0.3, -0.25) is 4.99 Å². The number of guanidine groups is 1. The Bertz CT molecular complexity index is 474. The summed E-state index contributed by atoms with van der Waals surface area (Å²) in [6.45, 7) is 0.767. The highest BCUT2D eigenvalue weighted by molar-refractivity contribution is 14.0. The highest BCUT2D eigenvalue weighted by Gasteiger charge is 2.20. The van der Waals surface area contributed by atoms with Gasteiger partial charge in [0.2, 0.25) is 0 Å². The van der Waals surface area contributed by atoms with Crippen LogP contribution < -0.4 is 10.5 Å². The van der Waals surface area contributed by atoms with E-state index >= 15 is 0 Å². The summed E-state index contributed by atoms with van der Waals surface area (Å²) in [6, 6.07) is 6.37. The van der Waals surface area contributed by atoms with Gasteiger partial charge in [0.1, 0.15) is 5.75 Å². The zero-order valence-electron chi connectivity index (χ0n) is 12.4. The summed E-state index contributed by atoms with van der Waals surface area (Å²) in [5.41, 5.74) is 8.66. The van der Waals surface area contributed by atoms with E-state index in [0.717, 1.165) is 18.7 Å². The molecule has 1 atom stereocenters. The second-order valence-corrected chi connectivity index (χ2v) is 5.25. The Hall–Kier alpha value is -0.980. The van der Waals surface area contributed by atoms with Crippen LogP contribution in [-0.4, -0.2) is 38.6 Å². The Morgan fingerprint density at radius 1 is 1.45 bits per heavy atom. The third-order valence-electron chi connectivity index (χ3n) is 3.72. The molecule has 0 aliphatic heterocycles. The van der Waals surface area contributed by atoms with E-state index in [-0.39, 0.29) is 24.0 Å². The van der Waals surface area contributed by atoms with Gasteiger partial charge in [0.25, 0.3) is 0 Å². The molecule has 1 aromatic rings. The van der Waals surface area contributed by atoms with Crippen LogP contribution in [0.5, 0.6) is 5.75 Å². The number of ether oxygens (including phenoxy) is 1. The minimum Gasteiger partial charge on any atom is -0.497 e. The first-order valence-electron chi connectivity index (χ1n) is 6.76. The highest BCUT2D eigenvalue weighted by Crippen LogP contribution is 2.33. The van der Waals surface area contributed by atoms with Gasteiger partial charge in [0, 0.05) is 26.6 Å². The van der Waals surface area contributed by atoms with Gasteiger partial charge in [-0.1, -0.05) is 6.07 Å². The van der Waals surface area contributed by atoms with Crippen molar-refractivity contribution >= 4 is 29.9 Å². The third kappa shape index (κ3) is 4.01. The van der Waals surface area contributed by atoms with E-state index in [9.17, 15) is 0 Å². The summed E-state index contributed by atoms with van der Waals surface area (Å²) in [7, 11) is 5.54. The summed E-state index contributed by atoms with van der Waals surface area (Å²) >= 11 is 0. The van der Waals surface area contributed by atoms with E-state index < -0.39 is 0 Å². The van der Waals surface area contributed by atoms with Crippen LogP contribution in [0.4, 0.5) is 0 Å². The molecule has 1 aliphatic carbocycles. The number of halogens is 1. The van der Waals surface area contributed by atoms with Gasteiger partial charge < -0.3 is 15.4 Å².